The van der Waals surface area contributed by atoms with Crippen LogP contribution in [0.25, 0.3) is 0 Å². The molecule has 0 aliphatic carbocycles. The summed E-state index contributed by atoms with van der Waals surface area (Å²) in [6.45, 7) is 1.36. The van der Waals surface area contributed by atoms with Gasteiger partial charge in [-0.3, -0.25) is 14.4 Å². The van der Waals surface area contributed by atoms with Crippen LogP contribution in [-0.2, 0) is 9.59 Å². The van der Waals surface area contributed by atoms with Crippen molar-refractivity contribution < 1.29 is 23.9 Å². The van der Waals surface area contributed by atoms with E-state index in [1.165, 1.54) is 6.92 Å². The first-order valence-corrected chi connectivity index (χ1v) is 7.86. The fourth-order valence-electron chi connectivity index (χ4n) is 2.35. The lowest BCUT2D eigenvalue weighted by atomic mass is 10.2. The molecule has 2 aromatic carbocycles. The second kappa shape index (κ2) is 7.56. The maximum absolute atomic E-state index is 12.1. The Morgan fingerprint density at radius 2 is 1.58 bits per heavy atom. The van der Waals surface area contributed by atoms with E-state index in [1.807, 2.05) is 0 Å². The Balaban J connectivity index is 1.50. The van der Waals surface area contributed by atoms with E-state index < -0.39 is 0 Å². The molecule has 1 aliphatic rings. The molecule has 0 saturated heterocycles. The largest absolute Gasteiger partial charge is 0.454 e. The summed E-state index contributed by atoms with van der Waals surface area (Å²) in [6.07, 6.45) is 0. The van der Waals surface area contributed by atoms with Crippen molar-refractivity contribution in [2.45, 2.75) is 6.92 Å². The average Bonchev–Trinajstić information content (AvgIpc) is 3.08. The molecule has 0 radical (unpaired) electrons. The van der Waals surface area contributed by atoms with Crippen LogP contribution in [0.15, 0.2) is 42.5 Å². The van der Waals surface area contributed by atoms with Gasteiger partial charge in [0, 0.05) is 23.9 Å². The minimum absolute atomic E-state index is 0.129. The highest BCUT2D eigenvalue weighted by Crippen LogP contribution is 2.32. The Morgan fingerprint density at radius 3 is 2.27 bits per heavy atom. The van der Waals surface area contributed by atoms with Gasteiger partial charge in [-0.05, 0) is 42.5 Å². The van der Waals surface area contributed by atoms with Crippen LogP contribution < -0.4 is 25.4 Å². The number of nitrogens with one attached hydrogen (secondary N) is 3. The van der Waals surface area contributed by atoms with E-state index in [-0.39, 0.29) is 31.1 Å². The lowest BCUT2D eigenvalue weighted by Gasteiger charge is -2.08. The lowest BCUT2D eigenvalue weighted by molar-refractivity contribution is -0.115. The normalized spacial score (nSPS) is 11.6. The highest BCUT2D eigenvalue weighted by atomic mass is 16.7. The van der Waals surface area contributed by atoms with Crippen LogP contribution in [-0.4, -0.2) is 31.1 Å². The van der Waals surface area contributed by atoms with Crippen molar-refractivity contribution in [1.29, 1.82) is 0 Å². The standard InChI is InChI=1S/C18H17N3O5/c1-11(22)20-13-3-5-14(6-4-13)21-17(23)9-19-18(24)12-2-7-15-16(8-12)26-10-25-15/h2-8H,9-10H2,1H3,(H,19,24)(H,20,22)(H,21,23). The zero-order valence-corrected chi connectivity index (χ0v) is 14.0. The topological polar surface area (TPSA) is 106 Å². The van der Waals surface area contributed by atoms with Crippen LogP contribution in [0.4, 0.5) is 11.4 Å². The summed E-state index contributed by atoms with van der Waals surface area (Å²) in [4.78, 5) is 35.0. The highest BCUT2D eigenvalue weighted by Gasteiger charge is 2.16. The number of fused-ring (bicyclic) bond motifs is 1. The van der Waals surface area contributed by atoms with Crippen LogP contribution in [0, 0.1) is 0 Å². The van der Waals surface area contributed by atoms with Gasteiger partial charge in [-0.25, -0.2) is 0 Å². The van der Waals surface area contributed by atoms with E-state index in [2.05, 4.69) is 16.0 Å². The molecule has 0 atom stereocenters. The van der Waals surface area contributed by atoms with Crippen LogP contribution in [0.2, 0.25) is 0 Å². The van der Waals surface area contributed by atoms with Crippen molar-refractivity contribution in [3.63, 3.8) is 0 Å². The molecule has 1 aliphatic heterocycles. The zero-order chi connectivity index (χ0) is 18.5. The van der Waals surface area contributed by atoms with Crippen molar-refractivity contribution in [2.75, 3.05) is 24.0 Å². The molecule has 134 valence electrons. The molecular weight excluding hydrogens is 338 g/mol. The third-order valence-electron chi connectivity index (χ3n) is 3.53. The molecule has 0 fully saturated rings. The number of hydrogen-bond donors (Lipinski definition) is 3. The summed E-state index contributed by atoms with van der Waals surface area (Å²) < 4.78 is 10.4. The highest BCUT2D eigenvalue weighted by molar-refractivity contribution is 5.99. The Bertz CT molecular complexity index is 848. The zero-order valence-electron chi connectivity index (χ0n) is 14.0. The van der Waals surface area contributed by atoms with Gasteiger partial charge in [-0.2, -0.15) is 0 Å². The van der Waals surface area contributed by atoms with Crippen LogP contribution in [0.3, 0.4) is 0 Å². The first-order chi connectivity index (χ1) is 12.5. The van der Waals surface area contributed by atoms with Crippen molar-refractivity contribution in [3.05, 3.63) is 48.0 Å². The van der Waals surface area contributed by atoms with Gasteiger partial charge in [0.05, 0.1) is 6.54 Å². The molecule has 3 amide bonds. The maximum Gasteiger partial charge on any atom is 0.251 e. The molecule has 2 aromatic rings. The number of rotatable bonds is 5. The predicted octanol–water partition coefficient (Wildman–Crippen LogP) is 1.74. The first kappa shape index (κ1) is 17.3. The van der Waals surface area contributed by atoms with Crippen LogP contribution >= 0.6 is 0 Å². The molecule has 0 spiro atoms. The molecule has 8 heteroatoms. The number of benzene rings is 2. The van der Waals surface area contributed by atoms with Crippen LogP contribution in [0.1, 0.15) is 17.3 Å². The summed E-state index contributed by atoms with van der Waals surface area (Å²) in [5, 5.41) is 7.84. The van der Waals surface area contributed by atoms with Crippen LogP contribution in [0.5, 0.6) is 11.5 Å². The minimum atomic E-state index is -0.389. The monoisotopic (exact) mass is 355 g/mol. The summed E-state index contributed by atoms with van der Waals surface area (Å²) in [6, 6.07) is 11.5. The second-order valence-electron chi connectivity index (χ2n) is 5.56. The van der Waals surface area contributed by atoms with Crippen molar-refractivity contribution in [1.82, 2.24) is 5.32 Å². The third-order valence-corrected chi connectivity index (χ3v) is 3.53. The van der Waals surface area contributed by atoms with Crippen molar-refractivity contribution >= 4 is 29.1 Å². The van der Waals surface area contributed by atoms with Gasteiger partial charge in [0.1, 0.15) is 0 Å². The lowest BCUT2D eigenvalue weighted by Crippen LogP contribution is -2.32. The van der Waals surface area contributed by atoms with Gasteiger partial charge in [-0.1, -0.05) is 0 Å². The Hall–Kier alpha value is -3.55. The molecule has 3 N–H and O–H groups in total. The van der Waals surface area contributed by atoms with Gasteiger partial charge in [0.25, 0.3) is 5.91 Å². The van der Waals surface area contributed by atoms with E-state index in [1.54, 1.807) is 42.5 Å². The van der Waals surface area contributed by atoms with Gasteiger partial charge in [0.2, 0.25) is 18.6 Å². The van der Waals surface area contributed by atoms with E-state index in [0.29, 0.717) is 28.4 Å². The van der Waals surface area contributed by atoms with Gasteiger partial charge < -0.3 is 25.4 Å². The summed E-state index contributed by atoms with van der Waals surface area (Å²) >= 11 is 0. The number of carbonyl (C=O) groups is 3. The third kappa shape index (κ3) is 4.29. The molecule has 0 saturated carbocycles. The fourth-order valence-corrected chi connectivity index (χ4v) is 2.35. The maximum atomic E-state index is 12.1. The average molecular weight is 355 g/mol. The van der Waals surface area contributed by atoms with E-state index in [9.17, 15) is 14.4 Å². The SMILES string of the molecule is CC(=O)Nc1ccc(NC(=O)CNC(=O)c2ccc3c(c2)OCO3)cc1. The molecule has 3 rings (SSSR count). The summed E-state index contributed by atoms with van der Waals surface area (Å²) in [5.74, 6) is 0.155. The van der Waals surface area contributed by atoms with E-state index >= 15 is 0 Å². The summed E-state index contributed by atoms with van der Waals surface area (Å²) in [5.41, 5.74) is 1.56. The number of amides is 3. The minimum Gasteiger partial charge on any atom is -0.454 e. The number of hydrogen-bond acceptors (Lipinski definition) is 5. The molecule has 0 unspecified atom stereocenters. The molecule has 26 heavy (non-hydrogen) atoms. The Kier molecular flexibility index (Phi) is 5.02. The Labute approximate surface area is 149 Å². The predicted molar refractivity (Wildman–Crippen MR) is 94.3 cm³/mol. The van der Waals surface area contributed by atoms with Gasteiger partial charge in [0.15, 0.2) is 11.5 Å². The molecule has 1 heterocycles. The molecular formula is C18H17N3O5. The summed E-state index contributed by atoms with van der Waals surface area (Å²) in [7, 11) is 0. The van der Waals surface area contributed by atoms with E-state index in [0.717, 1.165) is 0 Å². The fraction of sp³-hybridized carbons (Fsp3) is 0.167. The number of ether oxygens (including phenoxy) is 2. The van der Waals surface area contributed by atoms with Crippen molar-refractivity contribution in [2.24, 2.45) is 0 Å². The van der Waals surface area contributed by atoms with Gasteiger partial charge in [-0.15, -0.1) is 0 Å². The smallest absolute Gasteiger partial charge is 0.251 e. The molecule has 8 nitrogen and oxygen atoms in total. The molecule has 0 bridgehead atoms. The Morgan fingerprint density at radius 1 is 0.923 bits per heavy atom. The van der Waals surface area contributed by atoms with Crippen molar-refractivity contribution in [3.8, 4) is 11.5 Å². The van der Waals surface area contributed by atoms with Gasteiger partial charge >= 0.3 is 0 Å². The second-order valence-corrected chi connectivity index (χ2v) is 5.56. The first-order valence-electron chi connectivity index (χ1n) is 7.86. The molecule has 0 aromatic heterocycles. The number of carbonyl (C=O) groups excluding carboxylic acids is 3. The number of anilines is 2. The quantitative estimate of drug-likeness (QED) is 0.758. The van der Waals surface area contributed by atoms with E-state index in [4.69, 9.17) is 9.47 Å².